The molecule has 1 N–H and O–H groups in total. The highest BCUT2D eigenvalue weighted by molar-refractivity contribution is 7.86. The summed E-state index contributed by atoms with van der Waals surface area (Å²) in [6.07, 6.45) is -7.87. The number of carbonyl (C=O) groups excluding carboxylic acids is 1. The van der Waals surface area contributed by atoms with Crippen LogP contribution in [0.3, 0.4) is 0 Å². The molecule has 0 aromatic heterocycles. The van der Waals surface area contributed by atoms with E-state index in [0.29, 0.717) is 0 Å². The molecule has 1 rings (SSSR count). The van der Waals surface area contributed by atoms with E-state index in [4.69, 9.17) is 4.55 Å². The average Bonchev–Trinajstić information content (AvgIpc) is 2.77. The highest BCUT2D eigenvalue weighted by Gasteiger charge is 2.91. The molecular weight excluding hydrogens is 653 g/mol. The van der Waals surface area contributed by atoms with Gasteiger partial charge in [0.25, 0.3) is 0 Å². The van der Waals surface area contributed by atoms with E-state index in [1.54, 1.807) is 0 Å². The van der Waals surface area contributed by atoms with Crippen LogP contribution in [0.1, 0.15) is 0 Å². The van der Waals surface area contributed by atoms with Crippen molar-refractivity contribution in [1.29, 1.82) is 0 Å². The molecule has 0 radical (unpaired) electrons. The Morgan fingerprint density at radius 1 is 0.625 bits per heavy atom. The first kappa shape index (κ1) is 35.0. The number of allylic oxidation sites excluding steroid dienone is 1. The van der Waals surface area contributed by atoms with Gasteiger partial charge in [-0.1, -0.05) is 0 Å². The molecule has 25 heteroatoms. The van der Waals surface area contributed by atoms with Crippen molar-refractivity contribution in [1.82, 2.24) is 0 Å². The molecule has 5 nitrogen and oxygen atoms in total. The number of alkyl halides is 13. The number of carbonyl (C=O) groups is 1. The van der Waals surface area contributed by atoms with Crippen LogP contribution in [0.4, 0.5) is 83.4 Å². The first-order chi connectivity index (χ1) is 17.4. The summed E-state index contributed by atoms with van der Waals surface area (Å²) in [5.74, 6) is -71.6. The summed E-state index contributed by atoms with van der Waals surface area (Å²) in [6, 6.07) is 0. The fourth-order valence-electron chi connectivity index (χ4n) is 2.19. The minimum absolute atomic E-state index is 3.01. The number of esters is 1. The van der Waals surface area contributed by atoms with Crippen LogP contribution in [0.5, 0.6) is 5.75 Å². The molecule has 40 heavy (non-hydrogen) atoms. The summed E-state index contributed by atoms with van der Waals surface area (Å²) >= 11 is 0. The van der Waals surface area contributed by atoms with E-state index in [0.717, 1.165) is 0 Å². The van der Waals surface area contributed by atoms with Gasteiger partial charge in [-0.25, -0.2) is 22.4 Å². The minimum Gasteiger partial charge on any atom is -0.416 e. The van der Waals surface area contributed by atoms with E-state index in [-0.39, 0.29) is 0 Å². The molecule has 0 spiro atoms. The second-order valence-electron chi connectivity index (χ2n) is 6.78. The predicted octanol–water partition coefficient (Wildman–Crippen LogP) is 6.28. The van der Waals surface area contributed by atoms with Gasteiger partial charge in [0.2, 0.25) is 23.3 Å². The van der Waals surface area contributed by atoms with Crippen molar-refractivity contribution in [2.24, 2.45) is 0 Å². The minimum atomic E-state index is -8.68. The van der Waals surface area contributed by atoms with Gasteiger partial charge in [0.1, 0.15) is 0 Å². The Hall–Kier alpha value is -2.99. The third-order valence-corrected chi connectivity index (χ3v) is 5.10. The molecule has 0 aliphatic rings. The van der Waals surface area contributed by atoms with Crippen molar-refractivity contribution in [3.05, 3.63) is 34.9 Å². The zero-order valence-electron chi connectivity index (χ0n) is 17.2. The smallest absolute Gasteiger partial charge is 0.416 e. The molecule has 0 fully saturated rings. The van der Waals surface area contributed by atoms with Crippen LogP contribution in [0.2, 0.25) is 0 Å². The molecule has 0 aliphatic carbocycles. The maximum Gasteiger partial charge on any atom is 0.460 e. The monoisotopic (exact) mass is 654 g/mol. The largest absolute Gasteiger partial charge is 0.460 e. The lowest BCUT2D eigenvalue weighted by molar-refractivity contribution is -0.437. The zero-order valence-corrected chi connectivity index (χ0v) is 18.0. The van der Waals surface area contributed by atoms with Crippen molar-refractivity contribution in [2.75, 3.05) is 0 Å². The van der Waals surface area contributed by atoms with Crippen molar-refractivity contribution < 1.29 is 106 Å². The summed E-state index contributed by atoms with van der Waals surface area (Å²) in [4.78, 5) is 8.31. The lowest BCUT2D eigenvalue weighted by Crippen LogP contribution is -2.70. The maximum atomic E-state index is 13.7. The molecule has 0 unspecified atom stereocenters. The van der Waals surface area contributed by atoms with E-state index in [2.05, 4.69) is 4.74 Å². The quantitative estimate of drug-likeness (QED) is 0.0679. The van der Waals surface area contributed by atoms with E-state index in [9.17, 15) is 96.6 Å². The van der Waals surface area contributed by atoms with Crippen molar-refractivity contribution in [3.63, 3.8) is 0 Å². The van der Waals surface area contributed by atoms with Gasteiger partial charge >= 0.3 is 51.9 Å². The standard InChI is InChI=1S/C15HF19O5S/c16-1-2(17)4(19)7(40(36,37)38)6(3(1)18)39-9(35)5(20)8(21)10(22,23)11(24,25)12(26,27)13(28,29)14(30,31)15(32,33)34/h(H,36,37,38). The fraction of sp³-hybridized carbons (Fsp3) is 0.400. The summed E-state index contributed by atoms with van der Waals surface area (Å²) in [6.45, 7) is 0. The summed E-state index contributed by atoms with van der Waals surface area (Å²) < 4.78 is 284. The maximum absolute atomic E-state index is 13.7. The highest BCUT2D eigenvalue weighted by Crippen LogP contribution is 2.61. The molecule has 0 heterocycles. The Morgan fingerprint density at radius 3 is 1.38 bits per heavy atom. The van der Waals surface area contributed by atoms with Crippen molar-refractivity contribution in [2.45, 2.75) is 40.7 Å². The molecule has 1 aromatic rings. The fourth-order valence-corrected chi connectivity index (χ4v) is 2.87. The third-order valence-electron chi connectivity index (χ3n) is 4.22. The van der Waals surface area contributed by atoms with Crippen LogP contribution < -0.4 is 4.74 Å². The number of hydrogen-bond acceptors (Lipinski definition) is 4. The van der Waals surface area contributed by atoms with Crippen LogP contribution in [0.25, 0.3) is 0 Å². The van der Waals surface area contributed by atoms with Gasteiger partial charge in [-0.05, 0) is 0 Å². The zero-order chi connectivity index (χ0) is 32.4. The molecule has 0 aliphatic heterocycles. The molecule has 0 bridgehead atoms. The Labute approximate surface area is 204 Å². The van der Waals surface area contributed by atoms with Gasteiger partial charge in [0.15, 0.2) is 22.3 Å². The van der Waals surface area contributed by atoms with Crippen molar-refractivity contribution >= 4 is 16.1 Å². The highest BCUT2D eigenvalue weighted by atomic mass is 32.2. The molecule has 230 valence electrons. The first-order valence-electron chi connectivity index (χ1n) is 8.42. The second kappa shape index (κ2) is 9.83. The second-order valence-corrected chi connectivity index (χ2v) is 8.13. The molecule has 0 atom stereocenters. The van der Waals surface area contributed by atoms with E-state index >= 15 is 0 Å². The van der Waals surface area contributed by atoms with E-state index in [1.165, 1.54) is 0 Å². The molecule has 0 saturated heterocycles. The Morgan fingerprint density at radius 2 is 1.00 bits per heavy atom. The Bertz CT molecular complexity index is 1340. The predicted molar refractivity (Wildman–Crippen MR) is 81.8 cm³/mol. The van der Waals surface area contributed by atoms with E-state index in [1.807, 2.05) is 0 Å². The molecule has 0 saturated carbocycles. The number of rotatable bonds is 8. The van der Waals surface area contributed by atoms with Crippen LogP contribution >= 0.6 is 0 Å². The Balaban J connectivity index is 3.78. The number of benzene rings is 1. The van der Waals surface area contributed by atoms with Crippen LogP contribution in [-0.4, -0.2) is 54.7 Å². The van der Waals surface area contributed by atoms with Gasteiger partial charge in [0, 0.05) is 0 Å². The van der Waals surface area contributed by atoms with Crippen LogP contribution in [0, 0.1) is 23.3 Å². The first-order valence-corrected chi connectivity index (χ1v) is 9.86. The molecular formula is C15HF19O5S. The van der Waals surface area contributed by atoms with Crippen molar-refractivity contribution in [3.8, 4) is 5.75 Å². The number of hydrogen-bond donors (Lipinski definition) is 1. The SMILES string of the molecule is O=C(Oc1c(F)c(F)c(F)c(F)c1S(=O)(=O)O)C(F)=C(F)C(F)(F)C(F)(F)C(F)(F)C(F)(F)C(F)(F)C(F)(F)F. The normalized spacial score (nSPS) is 15.2. The van der Waals surface area contributed by atoms with Gasteiger partial charge in [0.05, 0.1) is 0 Å². The summed E-state index contributed by atoms with van der Waals surface area (Å²) in [7, 11) is -6.48. The summed E-state index contributed by atoms with van der Waals surface area (Å²) in [5, 5.41) is 0. The Kier molecular flexibility index (Phi) is 8.61. The molecule has 0 amide bonds. The van der Waals surface area contributed by atoms with Crippen LogP contribution in [-0.2, 0) is 14.9 Å². The van der Waals surface area contributed by atoms with Gasteiger partial charge < -0.3 is 4.74 Å². The topological polar surface area (TPSA) is 80.7 Å². The van der Waals surface area contributed by atoms with Crippen LogP contribution in [0.15, 0.2) is 16.5 Å². The molecule has 1 aromatic carbocycles. The number of halogens is 19. The van der Waals surface area contributed by atoms with Gasteiger partial charge in [-0.15, -0.1) is 0 Å². The van der Waals surface area contributed by atoms with E-state index < -0.39 is 97.4 Å². The summed E-state index contributed by atoms with van der Waals surface area (Å²) in [5.41, 5.74) is 0. The average molecular weight is 654 g/mol. The lowest BCUT2D eigenvalue weighted by atomic mass is 9.93. The van der Waals surface area contributed by atoms with Gasteiger partial charge in [-0.2, -0.15) is 74.3 Å². The number of ether oxygens (including phenoxy) is 1. The third kappa shape index (κ3) is 5.00. The van der Waals surface area contributed by atoms with Gasteiger partial charge in [-0.3, -0.25) is 4.55 Å². The lowest BCUT2D eigenvalue weighted by Gasteiger charge is -2.39.